The van der Waals surface area contributed by atoms with Crippen LogP contribution in [0.5, 0.6) is 0 Å². The first-order chi connectivity index (χ1) is 16.2. The lowest BCUT2D eigenvalue weighted by Gasteiger charge is -2.51. The van der Waals surface area contributed by atoms with Crippen molar-refractivity contribution in [2.75, 3.05) is 31.9 Å². The first-order valence-electron chi connectivity index (χ1n) is 11.7. The Morgan fingerprint density at radius 3 is 2.17 bits per heavy atom. The molecule has 0 N–H and O–H groups in total. The number of carbonyl (C=O) groups excluding carboxylic acids is 1. The molecule has 198 valence electrons. The van der Waals surface area contributed by atoms with Crippen LogP contribution in [0.4, 0.5) is 26.3 Å². The molecule has 0 unspecified atom stereocenters. The maximum atomic E-state index is 14.0. The second-order valence-electron chi connectivity index (χ2n) is 9.39. The Hall–Kier alpha value is -1.66. The zero-order chi connectivity index (χ0) is 26.1. The highest BCUT2D eigenvalue weighted by Crippen LogP contribution is 2.45. The summed E-state index contributed by atoms with van der Waals surface area (Å²) in [4.78, 5) is 14.7. The van der Waals surface area contributed by atoms with Crippen molar-refractivity contribution in [3.8, 4) is 0 Å². The number of carbonyl (C=O) groups is 1. The lowest BCUT2D eigenvalue weighted by atomic mass is 9.74. The van der Waals surface area contributed by atoms with E-state index in [1.807, 2.05) is 4.90 Å². The SMILES string of the molecule is CCCS(=O)(=O)N1CCN(C2(CCC(=O)c3ccc(F)cc3C(F)(F)F)CCC(F)(F)CC2)CC1. The molecule has 35 heavy (non-hydrogen) atoms. The van der Waals surface area contributed by atoms with Gasteiger partial charge in [0.2, 0.25) is 15.9 Å². The van der Waals surface area contributed by atoms with Gasteiger partial charge in [0.15, 0.2) is 5.78 Å². The number of rotatable bonds is 8. The van der Waals surface area contributed by atoms with Gasteiger partial charge in [-0.15, -0.1) is 0 Å². The summed E-state index contributed by atoms with van der Waals surface area (Å²) in [6.45, 7) is 2.70. The van der Waals surface area contributed by atoms with Crippen LogP contribution in [0.15, 0.2) is 18.2 Å². The fourth-order valence-electron chi connectivity index (χ4n) is 5.11. The van der Waals surface area contributed by atoms with Gasteiger partial charge < -0.3 is 0 Å². The van der Waals surface area contributed by atoms with Crippen LogP contribution in [0.3, 0.4) is 0 Å². The van der Waals surface area contributed by atoms with Gasteiger partial charge in [0.1, 0.15) is 5.82 Å². The second kappa shape index (κ2) is 10.4. The minimum atomic E-state index is -4.92. The Morgan fingerprint density at radius 1 is 1.03 bits per heavy atom. The highest BCUT2D eigenvalue weighted by molar-refractivity contribution is 7.89. The first kappa shape index (κ1) is 27.9. The van der Waals surface area contributed by atoms with Gasteiger partial charge in [-0.2, -0.15) is 17.5 Å². The molecular formula is C23H30F6N2O3S. The Morgan fingerprint density at radius 2 is 1.63 bits per heavy atom. The molecule has 1 aromatic carbocycles. The number of halogens is 6. The molecule has 1 aliphatic carbocycles. The molecule has 2 aliphatic rings. The molecule has 1 heterocycles. The highest BCUT2D eigenvalue weighted by Gasteiger charge is 2.47. The van der Waals surface area contributed by atoms with E-state index in [4.69, 9.17) is 0 Å². The van der Waals surface area contributed by atoms with Crippen LogP contribution in [0.25, 0.3) is 0 Å². The molecule has 1 saturated carbocycles. The number of hydrogen-bond donors (Lipinski definition) is 0. The quantitative estimate of drug-likeness (QED) is 0.348. The summed E-state index contributed by atoms with van der Waals surface area (Å²) in [5.41, 5.74) is -2.86. The van der Waals surface area contributed by atoms with E-state index in [1.54, 1.807) is 6.92 Å². The predicted octanol–water partition coefficient (Wildman–Crippen LogP) is 5.11. The van der Waals surface area contributed by atoms with Crippen molar-refractivity contribution in [1.82, 2.24) is 9.21 Å². The largest absolute Gasteiger partial charge is 0.417 e. The molecule has 0 aromatic heterocycles. The number of Topliss-reactive ketones (excluding diaryl/α,β-unsaturated/α-hetero) is 1. The van der Waals surface area contributed by atoms with E-state index in [2.05, 4.69) is 0 Å². The Balaban J connectivity index is 1.78. The van der Waals surface area contributed by atoms with Gasteiger partial charge >= 0.3 is 6.18 Å². The molecule has 3 rings (SSSR count). The predicted molar refractivity (Wildman–Crippen MR) is 118 cm³/mol. The lowest BCUT2D eigenvalue weighted by Crippen LogP contribution is -2.60. The molecule has 2 fully saturated rings. The van der Waals surface area contributed by atoms with E-state index >= 15 is 0 Å². The zero-order valence-corrected chi connectivity index (χ0v) is 20.3. The number of ketones is 1. The zero-order valence-electron chi connectivity index (χ0n) is 19.5. The number of hydrogen-bond acceptors (Lipinski definition) is 4. The summed E-state index contributed by atoms with van der Waals surface area (Å²) in [5, 5.41) is 0. The van der Waals surface area contributed by atoms with E-state index in [0.29, 0.717) is 6.42 Å². The van der Waals surface area contributed by atoms with Crippen molar-refractivity contribution < 1.29 is 39.6 Å². The number of nitrogens with zero attached hydrogens (tertiary/aromatic N) is 2. The van der Waals surface area contributed by atoms with Gasteiger partial charge in [0.25, 0.3) is 0 Å². The van der Waals surface area contributed by atoms with Crippen LogP contribution in [0.1, 0.15) is 67.8 Å². The van der Waals surface area contributed by atoms with E-state index in [0.717, 1.165) is 12.1 Å². The topological polar surface area (TPSA) is 57.7 Å². The van der Waals surface area contributed by atoms with Crippen LogP contribution in [-0.2, 0) is 16.2 Å². The molecule has 1 saturated heterocycles. The maximum absolute atomic E-state index is 14.0. The fourth-order valence-corrected chi connectivity index (χ4v) is 6.60. The molecule has 12 heteroatoms. The van der Waals surface area contributed by atoms with Gasteiger partial charge in [-0.05, 0) is 43.9 Å². The van der Waals surface area contributed by atoms with E-state index in [1.165, 1.54) is 4.31 Å². The second-order valence-corrected chi connectivity index (χ2v) is 11.5. The molecule has 5 nitrogen and oxygen atoms in total. The minimum Gasteiger partial charge on any atom is -0.295 e. The van der Waals surface area contributed by atoms with Gasteiger partial charge in [0, 0.05) is 56.5 Å². The molecule has 0 amide bonds. The summed E-state index contributed by atoms with van der Waals surface area (Å²) < 4.78 is 108. The molecule has 1 aliphatic heterocycles. The molecule has 0 bridgehead atoms. The van der Waals surface area contributed by atoms with Crippen molar-refractivity contribution in [2.24, 2.45) is 0 Å². The Kier molecular flexibility index (Phi) is 8.27. The summed E-state index contributed by atoms with van der Waals surface area (Å²) >= 11 is 0. The normalized spacial score (nSPS) is 21.7. The summed E-state index contributed by atoms with van der Waals surface area (Å²) in [7, 11) is -3.41. The highest BCUT2D eigenvalue weighted by atomic mass is 32.2. The van der Waals surface area contributed by atoms with Gasteiger partial charge in [-0.1, -0.05) is 6.92 Å². The first-order valence-corrected chi connectivity index (χ1v) is 13.3. The van der Waals surface area contributed by atoms with Crippen molar-refractivity contribution in [3.05, 3.63) is 35.1 Å². The standard InChI is InChI=1S/C23H30F6N2O3S/c1-2-15-35(33,34)31-13-11-30(12-14-31)21(7-9-22(25,26)10-8-21)6-5-20(32)18-4-3-17(24)16-19(18)23(27,28)29/h3-4,16H,2,5-15H2,1H3. The van der Waals surface area contributed by atoms with Crippen molar-refractivity contribution >= 4 is 15.8 Å². The van der Waals surface area contributed by atoms with Crippen LogP contribution in [0, 0.1) is 5.82 Å². The smallest absolute Gasteiger partial charge is 0.295 e. The van der Waals surface area contributed by atoms with Gasteiger partial charge in [0.05, 0.1) is 11.3 Å². The van der Waals surface area contributed by atoms with E-state index in [9.17, 15) is 39.6 Å². The fraction of sp³-hybridized carbons (Fsp3) is 0.696. The number of piperazine rings is 1. The molecular weight excluding hydrogens is 498 g/mol. The maximum Gasteiger partial charge on any atom is 0.417 e. The number of benzene rings is 1. The Labute approximate surface area is 201 Å². The van der Waals surface area contributed by atoms with Crippen LogP contribution >= 0.6 is 0 Å². The minimum absolute atomic E-state index is 0.0120. The molecule has 0 radical (unpaired) electrons. The molecule has 1 aromatic rings. The lowest BCUT2D eigenvalue weighted by molar-refractivity contribution is -0.138. The number of sulfonamides is 1. The summed E-state index contributed by atoms with van der Waals surface area (Å²) in [6, 6.07) is 1.87. The van der Waals surface area contributed by atoms with Gasteiger partial charge in [-0.25, -0.2) is 21.6 Å². The summed E-state index contributed by atoms with van der Waals surface area (Å²) in [6.07, 6.45) is -5.47. The average Bonchev–Trinajstić information content (AvgIpc) is 2.78. The third kappa shape index (κ3) is 6.56. The molecule has 0 spiro atoms. The van der Waals surface area contributed by atoms with Crippen LogP contribution in [-0.4, -0.2) is 66.8 Å². The Bertz CT molecular complexity index is 1010. The number of alkyl halides is 5. The van der Waals surface area contributed by atoms with E-state index < -0.39 is 63.2 Å². The van der Waals surface area contributed by atoms with Crippen LogP contribution < -0.4 is 0 Å². The monoisotopic (exact) mass is 528 g/mol. The third-order valence-corrected chi connectivity index (χ3v) is 9.16. The van der Waals surface area contributed by atoms with Crippen molar-refractivity contribution in [1.29, 1.82) is 0 Å². The summed E-state index contributed by atoms with van der Waals surface area (Å²) in [5.74, 6) is -4.80. The molecule has 0 atom stereocenters. The van der Waals surface area contributed by atoms with Crippen molar-refractivity contribution in [3.63, 3.8) is 0 Å². The third-order valence-electron chi connectivity index (χ3n) is 7.08. The van der Waals surface area contributed by atoms with Crippen LogP contribution in [0.2, 0.25) is 0 Å². The van der Waals surface area contributed by atoms with Crippen molar-refractivity contribution in [2.45, 2.75) is 69.5 Å². The average molecular weight is 529 g/mol. The van der Waals surface area contributed by atoms with E-state index in [-0.39, 0.29) is 63.7 Å². The van der Waals surface area contributed by atoms with Gasteiger partial charge in [-0.3, -0.25) is 9.69 Å².